The molecule has 3 N–H and O–H groups in total. The first-order valence-electron chi connectivity index (χ1n) is 17.4. The lowest BCUT2D eigenvalue weighted by Crippen LogP contribution is -2.50. The van der Waals surface area contributed by atoms with Crippen LogP contribution in [0.1, 0.15) is 85.2 Å². The van der Waals surface area contributed by atoms with Gasteiger partial charge in [0, 0.05) is 44.1 Å². The van der Waals surface area contributed by atoms with Gasteiger partial charge in [-0.3, -0.25) is 9.20 Å². The van der Waals surface area contributed by atoms with E-state index in [2.05, 4.69) is 15.5 Å². The number of anilines is 1. The first-order valence-corrected chi connectivity index (χ1v) is 18.8. The number of aliphatic carboxylic acids is 1. The number of aliphatic hydroxyl groups excluding tert-OH is 1. The van der Waals surface area contributed by atoms with Gasteiger partial charge >= 0.3 is 5.97 Å². The van der Waals surface area contributed by atoms with Crippen molar-refractivity contribution in [2.75, 3.05) is 31.7 Å². The van der Waals surface area contributed by atoms with E-state index in [1.54, 1.807) is 26.8 Å². The fourth-order valence-electron chi connectivity index (χ4n) is 7.27. The Labute approximate surface area is 312 Å². The average Bonchev–Trinajstić information content (AvgIpc) is 3.42. The summed E-state index contributed by atoms with van der Waals surface area (Å²) in [6.07, 6.45) is 3.33. The molecule has 1 spiro atoms. The molecule has 0 radical (unpaired) electrons. The van der Waals surface area contributed by atoms with E-state index >= 15 is 0 Å². The largest absolute Gasteiger partial charge is 0.481 e. The summed E-state index contributed by atoms with van der Waals surface area (Å²) < 4.78 is 44.9. The fraction of sp³-hybridized carbons (Fsp3) is 0.514. The molecule has 1 saturated heterocycles. The molecule has 0 bridgehead atoms. The summed E-state index contributed by atoms with van der Waals surface area (Å²) in [6, 6.07) is 9.26. The average molecular weight is 755 g/mol. The van der Waals surface area contributed by atoms with Crippen molar-refractivity contribution in [2.45, 2.75) is 96.7 Å². The molecule has 1 aromatic carbocycles. The zero-order valence-electron chi connectivity index (χ0n) is 30.9. The van der Waals surface area contributed by atoms with Crippen LogP contribution in [0.5, 0.6) is 5.88 Å². The van der Waals surface area contributed by atoms with Crippen LogP contribution in [-0.4, -0.2) is 86.5 Å². The number of fused-ring (bicyclic) bond motifs is 2. The van der Waals surface area contributed by atoms with E-state index in [1.807, 2.05) is 62.6 Å². The lowest BCUT2D eigenvalue weighted by molar-refractivity contribution is -0.147. The number of hydrogen-bond acceptors (Lipinski definition) is 10. The van der Waals surface area contributed by atoms with Crippen LogP contribution in [0.15, 0.2) is 41.4 Å². The molecule has 0 aliphatic carbocycles. The number of aliphatic hydroxyl groups is 1. The van der Waals surface area contributed by atoms with E-state index in [-0.39, 0.29) is 50.0 Å². The number of aryl methyl sites for hydroxylation is 4. The zero-order valence-corrected chi connectivity index (χ0v) is 32.7. The van der Waals surface area contributed by atoms with Crippen LogP contribution >= 0.6 is 13.5 Å². The second-order valence-electron chi connectivity index (χ2n) is 14.7. The number of carbonyl (C=O) groups is 1. The smallest absolute Gasteiger partial charge is 0.310 e. The second kappa shape index (κ2) is 14.9. The third-order valence-electron chi connectivity index (χ3n) is 10.6. The van der Waals surface area contributed by atoms with Crippen LogP contribution in [-0.2, 0) is 26.1 Å². The number of pyridine rings is 2. The van der Waals surface area contributed by atoms with Crippen molar-refractivity contribution in [2.24, 2.45) is 5.41 Å². The van der Waals surface area contributed by atoms with Crippen LogP contribution in [0.4, 0.5) is 5.82 Å². The molecule has 15 heteroatoms. The standard InChI is InChI=1S/C37H48N6O7S.H2S/c1-22-8-9-27(31(36(6,7)35(45)46)29-10-14-43-26(5)40-41-33(43)25(29)4)19-28(22)20-42-21-37(12-16-49-17-13-37)50-34-30(51(42,47)48)18-23(2)32(39-34)38-24(3)11-15-44;/h8-10,14,18-19,24,31,44H,11-13,15-17,20-21H2,1-7H3,(H,38,39)(H,45,46);1H2/t24-,31+;/m0./s1. The van der Waals surface area contributed by atoms with Gasteiger partial charge < -0.3 is 25.0 Å². The van der Waals surface area contributed by atoms with Gasteiger partial charge in [0.2, 0.25) is 15.9 Å². The van der Waals surface area contributed by atoms with Gasteiger partial charge in [0.25, 0.3) is 0 Å². The van der Waals surface area contributed by atoms with Crippen molar-refractivity contribution in [3.8, 4) is 5.88 Å². The predicted molar refractivity (Wildman–Crippen MR) is 202 cm³/mol. The van der Waals surface area contributed by atoms with E-state index in [0.717, 1.165) is 33.6 Å². The van der Waals surface area contributed by atoms with Crippen LogP contribution in [0.2, 0.25) is 0 Å². The van der Waals surface area contributed by atoms with Gasteiger partial charge in [0.1, 0.15) is 22.1 Å². The number of nitrogens with one attached hydrogen (secondary N) is 1. The molecular weight excluding hydrogens is 705 g/mol. The SMILES string of the molecule is Cc1ccc([C@H](c2ccn3c(C)nnc3c2C)C(C)(C)C(=O)O)cc1CN1CC2(CCOCC2)Oc2nc(N[C@@H](C)CCO)c(C)cc2S1(=O)=O.S. The number of aromatic nitrogens is 4. The number of carboxylic acid groups (broad SMARTS) is 1. The molecule has 13 nitrogen and oxygen atoms in total. The highest BCUT2D eigenvalue weighted by Crippen LogP contribution is 2.44. The van der Waals surface area contributed by atoms with Crippen LogP contribution in [0, 0.1) is 33.1 Å². The lowest BCUT2D eigenvalue weighted by Gasteiger charge is -2.38. The predicted octanol–water partition coefficient (Wildman–Crippen LogP) is 5.03. The van der Waals surface area contributed by atoms with E-state index in [9.17, 15) is 23.4 Å². The number of sulfonamides is 1. The lowest BCUT2D eigenvalue weighted by atomic mass is 9.70. The maximum atomic E-state index is 14.6. The van der Waals surface area contributed by atoms with Gasteiger partial charge in [-0.15, -0.1) is 10.2 Å². The molecule has 5 heterocycles. The van der Waals surface area contributed by atoms with Crippen molar-refractivity contribution in [3.05, 3.63) is 75.7 Å². The summed E-state index contributed by atoms with van der Waals surface area (Å²) >= 11 is 0. The van der Waals surface area contributed by atoms with Gasteiger partial charge in [0.15, 0.2) is 5.65 Å². The molecule has 2 aliphatic rings. The van der Waals surface area contributed by atoms with E-state index < -0.39 is 32.9 Å². The number of nitrogens with zero attached hydrogens (tertiary/aromatic N) is 5. The number of benzene rings is 1. The maximum absolute atomic E-state index is 14.6. The summed E-state index contributed by atoms with van der Waals surface area (Å²) in [4.78, 5) is 17.6. The highest BCUT2D eigenvalue weighted by Gasteiger charge is 2.46. The van der Waals surface area contributed by atoms with E-state index in [0.29, 0.717) is 49.5 Å². The fourth-order valence-corrected chi connectivity index (χ4v) is 8.89. The Kier molecular flexibility index (Phi) is 11.3. The van der Waals surface area contributed by atoms with Gasteiger partial charge in [-0.05, 0) is 100 Å². The second-order valence-corrected chi connectivity index (χ2v) is 16.6. The molecular formula is C37H50N6O7S2. The third kappa shape index (κ3) is 7.25. The summed E-state index contributed by atoms with van der Waals surface area (Å²) in [5.41, 5.74) is 3.21. The molecule has 0 saturated carbocycles. The Bertz CT molecular complexity index is 2080. The molecule has 0 amide bonds. The molecule has 1 fully saturated rings. The minimum Gasteiger partial charge on any atom is -0.481 e. The first kappa shape index (κ1) is 39.4. The van der Waals surface area contributed by atoms with Gasteiger partial charge in [0.05, 0.1) is 25.2 Å². The Morgan fingerprint density at radius 2 is 1.79 bits per heavy atom. The van der Waals surface area contributed by atoms with Gasteiger partial charge in [-0.2, -0.15) is 22.8 Å². The Hall–Kier alpha value is -3.76. The summed E-state index contributed by atoms with van der Waals surface area (Å²) in [6.45, 7) is 13.9. The molecule has 2 aliphatic heterocycles. The highest BCUT2D eigenvalue weighted by atomic mass is 32.2. The maximum Gasteiger partial charge on any atom is 0.310 e. The monoisotopic (exact) mass is 754 g/mol. The van der Waals surface area contributed by atoms with E-state index in [1.165, 1.54) is 4.31 Å². The molecule has 6 rings (SSSR count). The Morgan fingerprint density at radius 3 is 2.46 bits per heavy atom. The quantitative estimate of drug-likeness (QED) is 0.199. The van der Waals surface area contributed by atoms with Crippen molar-refractivity contribution in [1.82, 2.24) is 23.9 Å². The molecule has 2 atom stereocenters. The number of hydrogen-bond donors (Lipinski definition) is 3. The molecule has 0 unspecified atom stereocenters. The first-order chi connectivity index (χ1) is 24.1. The summed E-state index contributed by atoms with van der Waals surface area (Å²) in [5.74, 6) is -0.265. The molecule has 4 aromatic rings. The molecule has 282 valence electrons. The minimum absolute atomic E-state index is 0. The van der Waals surface area contributed by atoms with Crippen molar-refractivity contribution in [3.63, 3.8) is 0 Å². The Balaban J connectivity index is 0.00000523. The number of ether oxygens (including phenoxy) is 2. The van der Waals surface area contributed by atoms with Crippen LogP contribution in [0.25, 0.3) is 5.65 Å². The molecule has 52 heavy (non-hydrogen) atoms. The van der Waals surface area contributed by atoms with Crippen molar-refractivity contribution in [1.29, 1.82) is 0 Å². The highest BCUT2D eigenvalue weighted by molar-refractivity contribution is 7.89. The van der Waals surface area contributed by atoms with Crippen molar-refractivity contribution >= 4 is 41.0 Å². The summed E-state index contributed by atoms with van der Waals surface area (Å²) in [5, 5.41) is 31.8. The van der Waals surface area contributed by atoms with Crippen LogP contribution in [0.3, 0.4) is 0 Å². The Morgan fingerprint density at radius 1 is 1.08 bits per heavy atom. The zero-order chi connectivity index (χ0) is 36.9. The normalized spacial score (nSPS) is 18.2. The number of carboxylic acids is 1. The number of rotatable bonds is 10. The van der Waals surface area contributed by atoms with Gasteiger partial charge in [-0.25, -0.2) is 8.42 Å². The van der Waals surface area contributed by atoms with E-state index in [4.69, 9.17) is 14.5 Å². The molecule has 3 aromatic heterocycles. The summed E-state index contributed by atoms with van der Waals surface area (Å²) in [7, 11) is -4.12. The minimum atomic E-state index is -4.12. The topological polar surface area (TPSA) is 168 Å². The third-order valence-corrected chi connectivity index (χ3v) is 12.4. The van der Waals surface area contributed by atoms with Gasteiger partial charge in [-0.1, -0.05) is 18.2 Å². The van der Waals surface area contributed by atoms with Crippen LogP contribution < -0.4 is 10.1 Å². The van der Waals surface area contributed by atoms with Crippen molar-refractivity contribution < 1.29 is 32.9 Å².